The lowest BCUT2D eigenvalue weighted by molar-refractivity contribution is -0.122. The second kappa shape index (κ2) is 5.54. The number of nitrogens with one attached hydrogen (secondary N) is 1. The van der Waals surface area contributed by atoms with Gasteiger partial charge in [-0.15, -0.1) is 10.2 Å². The van der Waals surface area contributed by atoms with Crippen LogP contribution in [0.2, 0.25) is 0 Å². The minimum Gasteiger partial charge on any atom is -0.481 e. The Labute approximate surface area is 120 Å². The van der Waals surface area contributed by atoms with Crippen molar-refractivity contribution in [1.29, 1.82) is 0 Å². The molecule has 1 aromatic carbocycles. The molecule has 1 amide bonds. The van der Waals surface area contributed by atoms with Crippen LogP contribution in [0, 0.1) is 0 Å². The number of nitrogens with zero attached hydrogens (tertiary/aromatic N) is 3. The van der Waals surface area contributed by atoms with Gasteiger partial charge in [-0.25, -0.2) is 0 Å². The van der Waals surface area contributed by atoms with Crippen LogP contribution in [0.1, 0.15) is 6.92 Å². The van der Waals surface area contributed by atoms with Crippen LogP contribution in [0.3, 0.4) is 0 Å². The first-order valence-corrected chi connectivity index (χ1v) is 7.31. The molecule has 1 aliphatic rings. The summed E-state index contributed by atoms with van der Waals surface area (Å²) in [6, 6.07) is 9.25. The Morgan fingerprint density at radius 3 is 3.00 bits per heavy atom. The van der Waals surface area contributed by atoms with Crippen LogP contribution in [0.15, 0.2) is 35.5 Å². The largest absolute Gasteiger partial charge is 0.481 e. The maximum atomic E-state index is 12.1. The van der Waals surface area contributed by atoms with Gasteiger partial charge in [0, 0.05) is 12.3 Å². The Hall–Kier alpha value is -2.02. The van der Waals surface area contributed by atoms with Crippen molar-refractivity contribution in [3.05, 3.63) is 30.3 Å². The van der Waals surface area contributed by atoms with Crippen LogP contribution in [0.4, 0.5) is 5.95 Å². The minimum absolute atomic E-state index is 0.235. The summed E-state index contributed by atoms with van der Waals surface area (Å²) in [6.45, 7) is 2.52. The number of rotatable bonds is 4. The van der Waals surface area contributed by atoms with Gasteiger partial charge in [-0.1, -0.05) is 30.0 Å². The highest BCUT2D eigenvalue weighted by atomic mass is 32.2. The third-order valence-electron chi connectivity index (χ3n) is 2.92. The number of hydrogen-bond donors (Lipinski definition) is 1. The van der Waals surface area contributed by atoms with Gasteiger partial charge >= 0.3 is 0 Å². The Kier molecular flexibility index (Phi) is 3.60. The molecule has 1 atom stereocenters. The van der Waals surface area contributed by atoms with Crippen molar-refractivity contribution in [2.75, 3.05) is 11.1 Å². The fourth-order valence-corrected chi connectivity index (χ4v) is 2.77. The highest BCUT2D eigenvalue weighted by Gasteiger charge is 2.22. The second-order valence-corrected chi connectivity index (χ2v) is 5.43. The summed E-state index contributed by atoms with van der Waals surface area (Å²) in [5.74, 6) is 1.88. The van der Waals surface area contributed by atoms with Crippen LogP contribution >= 0.6 is 11.8 Å². The van der Waals surface area contributed by atoms with E-state index in [4.69, 9.17) is 4.74 Å². The number of carbonyl (C=O) groups excluding carboxylic acids is 1. The summed E-state index contributed by atoms with van der Waals surface area (Å²) in [5.41, 5.74) is 0. The van der Waals surface area contributed by atoms with Gasteiger partial charge in [-0.2, -0.15) is 0 Å². The number of hydrogen-bond acceptors (Lipinski definition) is 5. The summed E-state index contributed by atoms with van der Waals surface area (Å²) >= 11 is 1.63. The lowest BCUT2D eigenvalue weighted by atomic mass is 10.3. The van der Waals surface area contributed by atoms with Crippen molar-refractivity contribution in [1.82, 2.24) is 14.8 Å². The quantitative estimate of drug-likeness (QED) is 0.929. The lowest BCUT2D eigenvalue weighted by Crippen LogP contribution is -2.31. The first kappa shape index (κ1) is 13.0. The number of anilines is 1. The van der Waals surface area contributed by atoms with E-state index in [0.29, 0.717) is 11.7 Å². The molecular weight excluding hydrogens is 276 g/mol. The standard InChI is InChI=1S/C13H14N4O2S/c1-9(19-10-5-3-2-4-6-10)11(18)14-12-15-16-13-17(12)7-8-20-13/h2-6,9H,7-8H2,1H3,(H,14,15,18)/t9-/m1/s1. The van der Waals surface area contributed by atoms with Crippen molar-refractivity contribution in [3.8, 4) is 5.75 Å². The molecule has 0 unspecified atom stereocenters. The molecule has 6 nitrogen and oxygen atoms in total. The smallest absolute Gasteiger partial charge is 0.267 e. The molecule has 0 saturated carbocycles. The van der Waals surface area contributed by atoms with E-state index in [0.717, 1.165) is 17.5 Å². The molecule has 0 fully saturated rings. The van der Waals surface area contributed by atoms with Crippen molar-refractivity contribution >= 4 is 23.6 Å². The van der Waals surface area contributed by atoms with Crippen molar-refractivity contribution in [2.45, 2.75) is 24.7 Å². The molecular formula is C13H14N4O2S. The molecule has 1 N–H and O–H groups in total. The van der Waals surface area contributed by atoms with Gasteiger partial charge < -0.3 is 4.74 Å². The maximum Gasteiger partial charge on any atom is 0.267 e. The molecule has 0 saturated heterocycles. The predicted molar refractivity (Wildman–Crippen MR) is 75.9 cm³/mol. The molecule has 104 valence electrons. The van der Waals surface area contributed by atoms with Gasteiger partial charge in [0.2, 0.25) is 5.95 Å². The van der Waals surface area contributed by atoms with Gasteiger partial charge in [0.15, 0.2) is 11.3 Å². The van der Waals surface area contributed by atoms with Crippen LogP contribution in [-0.4, -0.2) is 32.5 Å². The molecule has 0 aliphatic carbocycles. The zero-order valence-electron chi connectivity index (χ0n) is 10.9. The normalized spacial score (nSPS) is 14.7. The highest BCUT2D eigenvalue weighted by Crippen LogP contribution is 2.26. The Balaban J connectivity index is 1.64. The summed E-state index contributed by atoms with van der Waals surface area (Å²) in [4.78, 5) is 12.1. The average Bonchev–Trinajstić information content (AvgIpc) is 3.05. The van der Waals surface area contributed by atoms with E-state index >= 15 is 0 Å². The van der Waals surface area contributed by atoms with E-state index in [1.54, 1.807) is 18.7 Å². The van der Waals surface area contributed by atoms with Gasteiger partial charge in [0.05, 0.1) is 0 Å². The Morgan fingerprint density at radius 1 is 1.40 bits per heavy atom. The molecule has 3 rings (SSSR count). The Bertz CT molecular complexity index is 614. The monoisotopic (exact) mass is 290 g/mol. The predicted octanol–water partition coefficient (Wildman–Crippen LogP) is 1.79. The molecule has 1 aliphatic heterocycles. The van der Waals surface area contributed by atoms with Gasteiger partial charge in [-0.3, -0.25) is 14.7 Å². The molecule has 0 bridgehead atoms. The average molecular weight is 290 g/mol. The number of para-hydroxylation sites is 1. The van der Waals surface area contributed by atoms with E-state index in [1.807, 2.05) is 34.9 Å². The first-order chi connectivity index (χ1) is 9.74. The zero-order chi connectivity index (χ0) is 13.9. The van der Waals surface area contributed by atoms with Crippen molar-refractivity contribution < 1.29 is 9.53 Å². The van der Waals surface area contributed by atoms with Gasteiger partial charge in [0.25, 0.3) is 5.91 Å². The SMILES string of the molecule is C[C@@H](Oc1ccccc1)C(=O)Nc1nnc2n1CCS2. The van der Waals surface area contributed by atoms with Crippen LogP contribution in [0.25, 0.3) is 0 Å². The first-order valence-electron chi connectivity index (χ1n) is 6.32. The topological polar surface area (TPSA) is 69.0 Å². The number of carbonyl (C=O) groups is 1. The van der Waals surface area contributed by atoms with Crippen LogP contribution in [-0.2, 0) is 11.3 Å². The zero-order valence-corrected chi connectivity index (χ0v) is 11.8. The second-order valence-electron chi connectivity index (χ2n) is 4.37. The van der Waals surface area contributed by atoms with E-state index < -0.39 is 6.10 Å². The summed E-state index contributed by atoms with van der Waals surface area (Å²) in [6.07, 6.45) is -0.598. The number of benzene rings is 1. The number of amides is 1. The van der Waals surface area contributed by atoms with E-state index in [9.17, 15) is 4.79 Å². The molecule has 2 aromatic rings. The van der Waals surface area contributed by atoms with E-state index in [2.05, 4.69) is 15.5 Å². The fourth-order valence-electron chi connectivity index (χ4n) is 1.89. The van der Waals surface area contributed by atoms with Gasteiger partial charge in [-0.05, 0) is 19.1 Å². The van der Waals surface area contributed by atoms with Crippen LogP contribution < -0.4 is 10.1 Å². The third-order valence-corrected chi connectivity index (χ3v) is 3.87. The maximum absolute atomic E-state index is 12.1. The molecule has 0 spiro atoms. The molecule has 20 heavy (non-hydrogen) atoms. The summed E-state index contributed by atoms with van der Waals surface area (Å²) in [7, 11) is 0. The minimum atomic E-state index is -0.598. The molecule has 2 heterocycles. The highest BCUT2D eigenvalue weighted by molar-refractivity contribution is 7.99. The van der Waals surface area contributed by atoms with E-state index in [-0.39, 0.29) is 5.91 Å². The molecule has 1 aromatic heterocycles. The third kappa shape index (κ3) is 2.62. The molecule has 7 heteroatoms. The number of aromatic nitrogens is 3. The van der Waals surface area contributed by atoms with Crippen molar-refractivity contribution in [3.63, 3.8) is 0 Å². The van der Waals surface area contributed by atoms with E-state index in [1.165, 1.54) is 0 Å². The number of thioether (sulfide) groups is 1. The van der Waals surface area contributed by atoms with Crippen LogP contribution in [0.5, 0.6) is 5.75 Å². The lowest BCUT2D eigenvalue weighted by Gasteiger charge is -2.14. The summed E-state index contributed by atoms with van der Waals surface area (Å²) < 4.78 is 7.47. The number of fused-ring (bicyclic) bond motifs is 1. The van der Waals surface area contributed by atoms with Crippen molar-refractivity contribution in [2.24, 2.45) is 0 Å². The number of ether oxygens (including phenoxy) is 1. The molecule has 0 radical (unpaired) electrons. The van der Waals surface area contributed by atoms with Gasteiger partial charge in [0.1, 0.15) is 5.75 Å². The Morgan fingerprint density at radius 2 is 2.20 bits per heavy atom. The fraction of sp³-hybridized carbons (Fsp3) is 0.308. The summed E-state index contributed by atoms with van der Waals surface area (Å²) in [5, 5.41) is 11.6.